The zero-order chi connectivity index (χ0) is 14.3. The number of hydrogen-bond acceptors (Lipinski definition) is 2. The molecule has 0 fully saturated rings. The summed E-state index contributed by atoms with van der Waals surface area (Å²) in [7, 11) is 0. The molecule has 19 heavy (non-hydrogen) atoms. The second kappa shape index (κ2) is 7.21. The summed E-state index contributed by atoms with van der Waals surface area (Å²) in [6, 6.07) is 14.5. The summed E-state index contributed by atoms with van der Waals surface area (Å²) in [5.41, 5.74) is 8.72. The minimum Gasteiger partial charge on any atom is -0.399 e. The van der Waals surface area contributed by atoms with Crippen LogP contribution in [0.5, 0.6) is 0 Å². The van der Waals surface area contributed by atoms with Gasteiger partial charge in [-0.25, -0.2) is 0 Å². The number of anilines is 2. The molecule has 3 nitrogen and oxygen atoms in total. The Balaban J connectivity index is 0.000000861. The first-order chi connectivity index (χ1) is 9.15. The van der Waals surface area contributed by atoms with E-state index in [0.717, 1.165) is 11.3 Å². The second-order valence-electron chi connectivity index (χ2n) is 3.95. The summed E-state index contributed by atoms with van der Waals surface area (Å²) in [6.07, 6.45) is 0. The van der Waals surface area contributed by atoms with E-state index in [0.29, 0.717) is 11.3 Å². The van der Waals surface area contributed by atoms with Gasteiger partial charge in [0.25, 0.3) is 5.91 Å². The van der Waals surface area contributed by atoms with Crippen LogP contribution in [0.25, 0.3) is 0 Å². The molecule has 3 heteroatoms. The van der Waals surface area contributed by atoms with Crippen molar-refractivity contribution in [2.75, 3.05) is 11.1 Å². The molecule has 0 aliphatic carbocycles. The van der Waals surface area contributed by atoms with Gasteiger partial charge >= 0.3 is 0 Å². The van der Waals surface area contributed by atoms with Gasteiger partial charge < -0.3 is 11.1 Å². The maximum absolute atomic E-state index is 11.9. The zero-order valence-electron chi connectivity index (χ0n) is 11.6. The normalized spacial score (nSPS) is 9.21. The Kier molecular flexibility index (Phi) is 5.61. The van der Waals surface area contributed by atoms with Crippen molar-refractivity contribution < 1.29 is 4.79 Å². The Morgan fingerprint density at radius 3 is 2.26 bits per heavy atom. The molecule has 2 aromatic carbocycles. The smallest absolute Gasteiger partial charge is 0.255 e. The summed E-state index contributed by atoms with van der Waals surface area (Å²) in [5, 5.41) is 2.84. The maximum Gasteiger partial charge on any atom is 0.255 e. The van der Waals surface area contributed by atoms with Crippen molar-refractivity contribution in [3.05, 3.63) is 59.7 Å². The molecular weight excluding hydrogens is 236 g/mol. The van der Waals surface area contributed by atoms with E-state index in [1.165, 1.54) is 0 Å². The van der Waals surface area contributed by atoms with E-state index in [2.05, 4.69) is 5.32 Å². The molecule has 0 unspecified atom stereocenters. The van der Waals surface area contributed by atoms with Gasteiger partial charge in [-0.3, -0.25) is 4.79 Å². The molecule has 3 N–H and O–H groups in total. The van der Waals surface area contributed by atoms with Gasteiger partial charge in [-0.15, -0.1) is 0 Å². The van der Waals surface area contributed by atoms with Crippen molar-refractivity contribution >= 4 is 17.3 Å². The van der Waals surface area contributed by atoms with Crippen molar-refractivity contribution in [1.82, 2.24) is 0 Å². The van der Waals surface area contributed by atoms with Crippen molar-refractivity contribution in [3.8, 4) is 0 Å². The number of amides is 1. The average Bonchev–Trinajstić information content (AvgIpc) is 2.41. The lowest BCUT2D eigenvalue weighted by Crippen LogP contribution is -2.11. The predicted molar refractivity (Wildman–Crippen MR) is 81.3 cm³/mol. The molecule has 0 saturated carbocycles. The fourth-order valence-electron chi connectivity index (χ4n) is 1.56. The minimum absolute atomic E-state index is 0.129. The van der Waals surface area contributed by atoms with Gasteiger partial charge in [0.2, 0.25) is 0 Å². The maximum atomic E-state index is 11.9. The van der Waals surface area contributed by atoms with E-state index < -0.39 is 0 Å². The first-order valence-corrected chi connectivity index (χ1v) is 6.39. The van der Waals surface area contributed by atoms with Gasteiger partial charge in [-0.1, -0.05) is 26.0 Å². The van der Waals surface area contributed by atoms with Crippen LogP contribution in [0.4, 0.5) is 11.4 Å². The van der Waals surface area contributed by atoms with Crippen LogP contribution >= 0.6 is 0 Å². The van der Waals surface area contributed by atoms with Gasteiger partial charge in [-0.2, -0.15) is 0 Å². The Hall–Kier alpha value is -2.29. The van der Waals surface area contributed by atoms with Gasteiger partial charge in [0.05, 0.1) is 0 Å². The Morgan fingerprint density at radius 2 is 1.68 bits per heavy atom. The lowest BCUT2D eigenvalue weighted by molar-refractivity contribution is 0.102. The molecule has 0 heterocycles. The molecule has 0 aromatic heterocycles. The molecule has 0 spiro atoms. The SMILES string of the molecule is CC.Cc1cccc(NC(=O)c2ccc(N)cc2)c1. The molecule has 0 aliphatic heterocycles. The average molecular weight is 256 g/mol. The van der Waals surface area contributed by atoms with Crippen LogP contribution in [0.1, 0.15) is 29.8 Å². The summed E-state index contributed by atoms with van der Waals surface area (Å²) in [6.45, 7) is 5.98. The first kappa shape index (κ1) is 14.8. The molecule has 2 aromatic rings. The molecule has 0 radical (unpaired) electrons. The molecule has 100 valence electrons. The van der Waals surface area contributed by atoms with Crippen molar-refractivity contribution in [3.63, 3.8) is 0 Å². The number of carbonyl (C=O) groups is 1. The number of aryl methyl sites for hydroxylation is 1. The number of benzene rings is 2. The van der Waals surface area contributed by atoms with E-state index in [1.807, 2.05) is 45.0 Å². The molecule has 0 bridgehead atoms. The van der Waals surface area contributed by atoms with Crippen LogP contribution in [0.2, 0.25) is 0 Å². The highest BCUT2D eigenvalue weighted by molar-refractivity contribution is 6.04. The molecule has 1 amide bonds. The number of nitrogens with one attached hydrogen (secondary N) is 1. The van der Waals surface area contributed by atoms with E-state index in [-0.39, 0.29) is 5.91 Å². The number of carbonyl (C=O) groups excluding carboxylic acids is 1. The van der Waals surface area contributed by atoms with Gasteiger partial charge in [0.15, 0.2) is 0 Å². The van der Waals surface area contributed by atoms with Crippen LogP contribution in [-0.4, -0.2) is 5.91 Å². The third-order valence-corrected chi connectivity index (χ3v) is 2.45. The zero-order valence-corrected chi connectivity index (χ0v) is 11.6. The van der Waals surface area contributed by atoms with Crippen LogP contribution in [0, 0.1) is 6.92 Å². The Labute approximate surface area is 114 Å². The van der Waals surface area contributed by atoms with Gasteiger partial charge in [0, 0.05) is 16.9 Å². The van der Waals surface area contributed by atoms with Gasteiger partial charge in [0.1, 0.15) is 0 Å². The Morgan fingerprint density at radius 1 is 1.05 bits per heavy atom. The molecule has 2 rings (SSSR count). The van der Waals surface area contributed by atoms with Crippen LogP contribution in [-0.2, 0) is 0 Å². The van der Waals surface area contributed by atoms with E-state index in [9.17, 15) is 4.79 Å². The Bertz CT molecular complexity index is 533. The number of rotatable bonds is 2. The fourth-order valence-corrected chi connectivity index (χ4v) is 1.56. The lowest BCUT2D eigenvalue weighted by Gasteiger charge is -2.06. The summed E-state index contributed by atoms with van der Waals surface area (Å²) in [5.74, 6) is -0.129. The fraction of sp³-hybridized carbons (Fsp3) is 0.188. The summed E-state index contributed by atoms with van der Waals surface area (Å²) in [4.78, 5) is 11.9. The molecule has 0 atom stereocenters. The van der Waals surface area contributed by atoms with Crippen molar-refractivity contribution in [1.29, 1.82) is 0 Å². The van der Waals surface area contributed by atoms with Crippen molar-refractivity contribution in [2.24, 2.45) is 0 Å². The monoisotopic (exact) mass is 256 g/mol. The second-order valence-corrected chi connectivity index (χ2v) is 3.95. The van der Waals surface area contributed by atoms with E-state index in [4.69, 9.17) is 5.73 Å². The molecule has 0 aliphatic rings. The summed E-state index contributed by atoms with van der Waals surface area (Å²) < 4.78 is 0. The highest BCUT2D eigenvalue weighted by Crippen LogP contribution is 2.12. The quantitative estimate of drug-likeness (QED) is 0.802. The number of hydrogen-bond donors (Lipinski definition) is 2. The lowest BCUT2D eigenvalue weighted by atomic mass is 10.2. The highest BCUT2D eigenvalue weighted by atomic mass is 16.1. The predicted octanol–water partition coefficient (Wildman–Crippen LogP) is 3.86. The topological polar surface area (TPSA) is 55.1 Å². The van der Waals surface area contributed by atoms with Crippen molar-refractivity contribution in [2.45, 2.75) is 20.8 Å². The molecule has 0 saturated heterocycles. The third-order valence-electron chi connectivity index (χ3n) is 2.45. The van der Waals surface area contributed by atoms with Crippen LogP contribution in [0.15, 0.2) is 48.5 Å². The van der Waals surface area contributed by atoms with Gasteiger partial charge in [-0.05, 0) is 48.9 Å². The molecular formula is C16H20N2O. The summed E-state index contributed by atoms with van der Waals surface area (Å²) >= 11 is 0. The largest absolute Gasteiger partial charge is 0.399 e. The first-order valence-electron chi connectivity index (χ1n) is 6.39. The number of nitrogen functional groups attached to an aromatic ring is 1. The van der Waals surface area contributed by atoms with Crippen LogP contribution < -0.4 is 11.1 Å². The minimum atomic E-state index is -0.129. The van der Waals surface area contributed by atoms with E-state index >= 15 is 0 Å². The van der Waals surface area contributed by atoms with Crippen LogP contribution in [0.3, 0.4) is 0 Å². The third kappa shape index (κ3) is 4.47. The highest BCUT2D eigenvalue weighted by Gasteiger charge is 2.05. The standard InChI is InChI=1S/C14H14N2O.C2H6/c1-10-3-2-4-13(9-10)16-14(17)11-5-7-12(15)8-6-11;1-2/h2-9H,15H2,1H3,(H,16,17);1-2H3. The van der Waals surface area contributed by atoms with E-state index in [1.54, 1.807) is 24.3 Å². The number of nitrogens with two attached hydrogens (primary N) is 1.